The van der Waals surface area contributed by atoms with Crippen LogP contribution in [0.1, 0.15) is 63.0 Å². The number of unbranched alkanes of at least 4 members (excludes halogenated alkanes) is 2. The molecule has 2 aliphatic carbocycles. The first-order chi connectivity index (χ1) is 15.9. The number of amides is 1. The van der Waals surface area contributed by atoms with Gasteiger partial charge in [-0.2, -0.15) is 0 Å². The Labute approximate surface area is 196 Å². The van der Waals surface area contributed by atoms with Gasteiger partial charge in [-0.05, 0) is 73.5 Å². The molecule has 0 saturated heterocycles. The van der Waals surface area contributed by atoms with E-state index in [0.717, 1.165) is 63.4 Å². The molecule has 7 nitrogen and oxygen atoms in total. The maximum atomic E-state index is 12.0. The van der Waals surface area contributed by atoms with E-state index < -0.39 is 5.97 Å². The van der Waals surface area contributed by atoms with Crippen molar-refractivity contribution in [2.45, 2.75) is 76.9 Å². The van der Waals surface area contributed by atoms with E-state index in [2.05, 4.69) is 23.0 Å². The van der Waals surface area contributed by atoms with Gasteiger partial charge in [0, 0.05) is 0 Å². The molecule has 1 saturated carbocycles. The van der Waals surface area contributed by atoms with Gasteiger partial charge in [-0.15, -0.1) is 0 Å². The molecule has 0 bridgehead atoms. The van der Waals surface area contributed by atoms with Gasteiger partial charge in [-0.25, -0.2) is 0 Å². The first kappa shape index (κ1) is 25.5. The van der Waals surface area contributed by atoms with Crippen molar-refractivity contribution in [3.05, 3.63) is 29.3 Å². The molecule has 0 radical (unpaired) electrons. The first-order valence-corrected chi connectivity index (χ1v) is 12.4. The van der Waals surface area contributed by atoms with Gasteiger partial charge in [0.05, 0.1) is 19.3 Å². The summed E-state index contributed by atoms with van der Waals surface area (Å²) < 4.78 is 10.3. The quantitative estimate of drug-likeness (QED) is 0.327. The minimum Gasteiger partial charge on any atom is -0.483 e. The molecule has 0 heterocycles. The number of carbonyl (C=O) groups is 2. The number of aliphatic hydroxyl groups excluding tert-OH is 2. The Balaban J connectivity index is 1.57. The summed E-state index contributed by atoms with van der Waals surface area (Å²) in [6, 6.07) is 5.93. The van der Waals surface area contributed by atoms with Crippen molar-refractivity contribution < 1.29 is 29.3 Å². The Bertz CT molecular complexity index is 797. The molecule has 0 aromatic heterocycles. The van der Waals surface area contributed by atoms with Crippen LogP contribution in [-0.2, 0) is 27.2 Å². The third-order valence-electron chi connectivity index (χ3n) is 7.34. The smallest absolute Gasteiger partial charge is 0.325 e. The van der Waals surface area contributed by atoms with Crippen molar-refractivity contribution in [2.75, 3.05) is 20.3 Å². The minimum absolute atomic E-state index is 0.164. The number of hydrogen-bond donors (Lipinski definition) is 3. The third-order valence-corrected chi connectivity index (χ3v) is 7.34. The second-order valence-corrected chi connectivity index (χ2v) is 9.56. The van der Waals surface area contributed by atoms with Crippen LogP contribution in [0.2, 0.25) is 0 Å². The number of methoxy groups -OCH3 is 1. The molecule has 3 rings (SSSR count). The molecule has 0 aliphatic heterocycles. The number of esters is 1. The van der Waals surface area contributed by atoms with Gasteiger partial charge in [0.2, 0.25) is 0 Å². The van der Waals surface area contributed by atoms with Crippen molar-refractivity contribution in [3.8, 4) is 5.75 Å². The van der Waals surface area contributed by atoms with E-state index in [1.807, 2.05) is 12.1 Å². The van der Waals surface area contributed by atoms with Crippen molar-refractivity contribution >= 4 is 11.9 Å². The molecule has 1 amide bonds. The summed E-state index contributed by atoms with van der Waals surface area (Å²) in [7, 11) is 1.27. The molecule has 1 aromatic carbocycles. The monoisotopic (exact) mass is 461 g/mol. The zero-order valence-corrected chi connectivity index (χ0v) is 19.9. The minimum atomic E-state index is -0.505. The number of fused-ring (bicyclic) bond motifs is 2. The highest BCUT2D eigenvalue weighted by Crippen LogP contribution is 2.48. The van der Waals surface area contributed by atoms with Crippen molar-refractivity contribution in [3.63, 3.8) is 0 Å². The van der Waals surface area contributed by atoms with Crippen molar-refractivity contribution in [1.82, 2.24) is 5.32 Å². The lowest BCUT2D eigenvalue weighted by atomic mass is 9.73. The topological polar surface area (TPSA) is 105 Å². The lowest BCUT2D eigenvalue weighted by Gasteiger charge is -2.32. The van der Waals surface area contributed by atoms with E-state index >= 15 is 0 Å². The van der Waals surface area contributed by atoms with Crippen LogP contribution in [0.25, 0.3) is 0 Å². The van der Waals surface area contributed by atoms with Gasteiger partial charge in [0.25, 0.3) is 5.91 Å². The largest absolute Gasteiger partial charge is 0.483 e. The van der Waals surface area contributed by atoms with E-state index in [1.54, 1.807) is 0 Å². The van der Waals surface area contributed by atoms with Gasteiger partial charge in [-0.3, -0.25) is 9.59 Å². The van der Waals surface area contributed by atoms with Crippen LogP contribution in [0.4, 0.5) is 0 Å². The fraction of sp³-hybridized carbons (Fsp3) is 0.692. The van der Waals surface area contributed by atoms with Crippen LogP contribution < -0.4 is 10.1 Å². The van der Waals surface area contributed by atoms with Crippen LogP contribution >= 0.6 is 0 Å². The van der Waals surface area contributed by atoms with Crippen LogP contribution in [0, 0.1) is 17.8 Å². The van der Waals surface area contributed by atoms with Gasteiger partial charge in [-0.1, -0.05) is 38.3 Å². The van der Waals surface area contributed by atoms with Crippen LogP contribution in [0.3, 0.4) is 0 Å². The second-order valence-electron chi connectivity index (χ2n) is 9.56. The van der Waals surface area contributed by atoms with Crippen LogP contribution in [0.15, 0.2) is 18.2 Å². The molecular formula is C26H39NO6. The maximum absolute atomic E-state index is 12.0. The first-order valence-electron chi connectivity index (χ1n) is 12.4. The fourth-order valence-electron chi connectivity index (χ4n) is 5.54. The summed E-state index contributed by atoms with van der Waals surface area (Å²) in [5, 5.41) is 23.6. The Morgan fingerprint density at radius 3 is 2.79 bits per heavy atom. The summed E-state index contributed by atoms with van der Waals surface area (Å²) in [5.41, 5.74) is 2.33. The van der Waals surface area contributed by atoms with E-state index in [-0.39, 0.29) is 37.2 Å². The molecule has 33 heavy (non-hydrogen) atoms. The lowest BCUT2D eigenvalue weighted by molar-refractivity contribution is -0.141. The average molecular weight is 462 g/mol. The predicted molar refractivity (Wildman–Crippen MR) is 125 cm³/mol. The Morgan fingerprint density at radius 2 is 2.03 bits per heavy atom. The number of nitrogens with one attached hydrogen (secondary N) is 1. The highest BCUT2D eigenvalue weighted by Gasteiger charge is 2.44. The van der Waals surface area contributed by atoms with Gasteiger partial charge in [0.15, 0.2) is 6.61 Å². The number of rotatable bonds is 12. The Hall–Kier alpha value is -2.12. The third kappa shape index (κ3) is 6.93. The summed E-state index contributed by atoms with van der Waals surface area (Å²) in [6.07, 6.45) is 7.72. The van der Waals surface area contributed by atoms with E-state index in [0.29, 0.717) is 17.6 Å². The molecule has 0 spiro atoms. The zero-order chi connectivity index (χ0) is 23.8. The number of ether oxygens (including phenoxy) is 2. The molecule has 0 unspecified atom stereocenters. The normalized spacial score (nSPS) is 24.5. The summed E-state index contributed by atoms with van der Waals surface area (Å²) >= 11 is 0. The Kier molecular flexibility index (Phi) is 9.56. The number of benzene rings is 1. The van der Waals surface area contributed by atoms with Crippen molar-refractivity contribution in [2.24, 2.45) is 17.8 Å². The van der Waals surface area contributed by atoms with Crippen LogP contribution in [-0.4, -0.2) is 54.6 Å². The SMILES string of the molecule is CCCCC[C@@H](O)CC[C@@H]1[C@H]2Cc3cccc(OCC(=O)NCC(=O)OC)c3C[C@H]2C[C@H]1O. The average Bonchev–Trinajstić information content (AvgIpc) is 3.12. The molecule has 1 fully saturated rings. The molecular weight excluding hydrogens is 422 g/mol. The molecule has 1 aromatic rings. The van der Waals surface area contributed by atoms with Gasteiger partial charge < -0.3 is 25.0 Å². The van der Waals surface area contributed by atoms with Crippen molar-refractivity contribution in [1.29, 1.82) is 0 Å². The summed E-state index contributed by atoms with van der Waals surface area (Å²) in [6.45, 7) is 1.82. The summed E-state index contributed by atoms with van der Waals surface area (Å²) in [4.78, 5) is 23.2. The van der Waals surface area contributed by atoms with Crippen LogP contribution in [0.5, 0.6) is 5.75 Å². The van der Waals surface area contributed by atoms with Gasteiger partial charge in [0.1, 0.15) is 12.3 Å². The maximum Gasteiger partial charge on any atom is 0.325 e. The number of carbonyl (C=O) groups excluding carboxylic acids is 2. The highest BCUT2D eigenvalue weighted by molar-refractivity contribution is 5.82. The second kappa shape index (κ2) is 12.4. The van der Waals surface area contributed by atoms with E-state index in [9.17, 15) is 19.8 Å². The van der Waals surface area contributed by atoms with E-state index in [1.165, 1.54) is 12.7 Å². The molecule has 7 heteroatoms. The molecule has 184 valence electrons. The number of hydrogen-bond acceptors (Lipinski definition) is 6. The predicted octanol–water partition coefficient (Wildman–Crippen LogP) is 2.79. The molecule has 5 atom stereocenters. The molecule has 2 aliphatic rings. The standard InChI is InChI=1S/C26H39NO6/c1-3-4-5-8-19(28)10-11-20-21-12-17-7-6-9-24(22(17)13-18(21)14-23(20)29)33-16-25(30)27-15-26(31)32-2/h6-7,9,18-21,23,28-29H,3-5,8,10-16H2,1-2H3,(H,27,30)/t18-,19+,20+,21-,23+/m0/s1. The highest BCUT2D eigenvalue weighted by atomic mass is 16.5. The number of aliphatic hydroxyl groups is 2. The lowest BCUT2D eigenvalue weighted by Crippen LogP contribution is -2.34. The zero-order valence-electron chi connectivity index (χ0n) is 19.9. The molecule has 3 N–H and O–H groups in total. The summed E-state index contributed by atoms with van der Waals surface area (Å²) in [5.74, 6) is 0.831. The van der Waals surface area contributed by atoms with E-state index in [4.69, 9.17) is 4.74 Å². The fourth-order valence-corrected chi connectivity index (χ4v) is 5.54. The Morgan fingerprint density at radius 1 is 1.21 bits per heavy atom. The van der Waals surface area contributed by atoms with Gasteiger partial charge >= 0.3 is 5.97 Å².